The monoisotopic (exact) mass is 184 g/mol. The number of rotatable bonds is 5. The van der Waals surface area contributed by atoms with Crippen molar-refractivity contribution in [3.8, 4) is 0 Å². The molecular formula is C5H15NO4P+2. The van der Waals surface area contributed by atoms with Gasteiger partial charge in [-0.3, -0.25) is 4.89 Å². The second-order valence-electron chi connectivity index (χ2n) is 2.61. The summed E-state index contributed by atoms with van der Waals surface area (Å²) in [7, 11) is -3.84. The van der Waals surface area contributed by atoms with Gasteiger partial charge >= 0.3 is 7.82 Å². The van der Waals surface area contributed by atoms with Gasteiger partial charge in [-0.15, -0.1) is 0 Å². The fraction of sp³-hybridized carbons (Fsp3) is 1.00. The summed E-state index contributed by atoms with van der Waals surface area (Å²) < 4.78 is 19.1. The van der Waals surface area contributed by atoms with Gasteiger partial charge in [-0.05, 0) is 10.5 Å². The average Bonchev–Trinajstić information content (AvgIpc) is 1.87. The smallest absolute Gasteiger partial charge is 0.253 e. The van der Waals surface area contributed by atoms with E-state index in [0.29, 0.717) is 5.92 Å². The van der Waals surface area contributed by atoms with Crippen molar-refractivity contribution in [1.82, 2.24) is 0 Å². The van der Waals surface area contributed by atoms with E-state index < -0.39 is 7.82 Å². The molecule has 0 spiro atoms. The van der Waals surface area contributed by atoms with Crippen LogP contribution in [0.2, 0.25) is 0 Å². The number of hydrogen-bond acceptors (Lipinski definition) is 3. The van der Waals surface area contributed by atoms with Crippen LogP contribution in [-0.4, -0.2) is 11.5 Å². The summed E-state index contributed by atoms with van der Waals surface area (Å²) in [5.41, 5.74) is 0. The van der Waals surface area contributed by atoms with Crippen LogP contribution in [0.1, 0.15) is 20.3 Å². The molecule has 4 N–H and O–H groups in total. The van der Waals surface area contributed by atoms with Gasteiger partial charge in [-0.25, -0.2) is 0 Å². The van der Waals surface area contributed by atoms with Crippen molar-refractivity contribution in [2.75, 3.05) is 6.61 Å². The zero-order valence-electron chi connectivity index (χ0n) is 6.82. The van der Waals surface area contributed by atoms with Gasteiger partial charge in [0.05, 0.1) is 0 Å². The maximum absolute atomic E-state index is 10.6. The predicted molar refractivity (Wildman–Crippen MR) is 39.2 cm³/mol. The van der Waals surface area contributed by atoms with Crippen LogP contribution in [0.5, 0.6) is 0 Å². The fourth-order valence-electron chi connectivity index (χ4n) is 0.441. The second kappa shape index (κ2) is 4.85. The molecule has 0 bridgehead atoms. The molecule has 0 aliphatic carbocycles. The molecule has 0 saturated heterocycles. The lowest BCUT2D eigenvalue weighted by atomic mass is 10.2. The molecule has 0 amide bonds. The number of quaternary nitrogens is 1. The first-order valence-corrected chi connectivity index (χ1v) is 4.88. The third-order valence-corrected chi connectivity index (χ3v) is 1.95. The molecule has 1 unspecified atom stereocenters. The summed E-state index contributed by atoms with van der Waals surface area (Å²) in [6.07, 6.45) is 0.730. The highest BCUT2D eigenvalue weighted by Gasteiger charge is 2.38. The van der Waals surface area contributed by atoms with Crippen molar-refractivity contribution >= 4 is 7.82 Å². The van der Waals surface area contributed by atoms with E-state index in [1.165, 1.54) is 0 Å². The van der Waals surface area contributed by atoms with Crippen molar-refractivity contribution < 1.29 is 24.5 Å². The highest BCUT2D eigenvalue weighted by atomic mass is 31.2. The first-order chi connectivity index (χ1) is 4.98. The topological polar surface area (TPSA) is 85.5 Å². The minimum Gasteiger partial charge on any atom is -0.253 e. The van der Waals surface area contributed by atoms with Crippen LogP contribution in [0, 0.1) is 5.92 Å². The molecule has 6 heteroatoms. The van der Waals surface area contributed by atoms with E-state index >= 15 is 0 Å². The van der Waals surface area contributed by atoms with E-state index in [9.17, 15) is 4.57 Å². The summed E-state index contributed by atoms with van der Waals surface area (Å²) in [4.78, 5) is 8.68. The van der Waals surface area contributed by atoms with Gasteiger partial charge < -0.3 is 0 Å². The van der Waals surface area contributed by atoms with Gasteiger partial charge in [0.15, 0.2) is 0 Å². The van der Waals surface area contributed by atoms with E-state index in [4.69, 9.17) is 4.89 Å². The molecule has 0 aromatic carbocycles. The van der Waals surface area contributed by atoms with Crippen LogP contribution in [0.15, 0.2) is 0 Å². The van der Waals surface area contributed by atoms with Gasteiger partial charge in [0.2, 0.25) is 6.61 Å². The van der Waals surface area contributed by atoms with E-state index in [1.807, 2.05) is 13.8 Å². The Labute approximate surface area is 66.1 Å². The highest BCUT2D eigenvalue weighted by molar-refractivity contribution is 7.47. The average molecular weight is 184 g/mol. The summed E-state index contributed by atoms with van der Waals surface area (Å²) in [6, 6.07) is 0. The molecule has 1 radical (unpaired) electrons. The molecule has 0 aliphatic heterocycles. The molecule has 0 aromatic rings. The third-order valence-electron chi connectivity index (χ3n) is 1.11. The van der Waals surface area contributed by atoms with Crippen molar-refractivity contribution in [3.63, 3.8) is 0 Å². The van der Waals surface area contributed by atoms with Crippen molar-refractivity contribution in [1.29, 1.82) is 0 Å². The quantitative estimate of drug-likeness (QED) is 0.366. The van der Waals surface area contributed by atoms with E-state index in [-0.39, 0.29) is 6.61 Å². The number of phosphoric acid groups is 1. The molecule has 5 nitrogen and oxygen atoms in total. The van der Waals surface area contributed by atoms with E-state index in [0.717, 1.165) is 6.42 Å². The summed E-state index contributed by atoms with van der Waals surface area (Å²) in [6.45, 7) is 4.22. The lowest BCUT2D eigenvalue weighted by molar-refractivity contribution is -0.643. The molecule has 0 rings (SSSR count). The van der Waals surface area contributed by atoms with Crippen molar-refractivity contribution in [3.05, 3.63) is 0 Å². The Bertz CT molecular complexity index is 149. The number of hydrogen-bond donors (Lipinski definition) is 2. The summed E-state index contributed by atoms with van der Waals surface area (Å²) in [5, 5.41) is 0. The normalized spacial score (nSPS) is 16.8. The van der Waals surface area contributed by atoms with Crippen LogP contribution < -0.4 is 5.90 Å². The Balaban J connectivity index is 3.46. The lowest BCUT2D eigenvalue weighted by Gasteiger charge is -1.96. The molecule has 0 heterocycles. The number of phosphoric ester groups is 1. The lowest BCUT2D eigenvalue weighted by Crippen LogP contribution is -2.47. The third kappa shape index (κ3) is 6.47. The van der Waals surface area contributed by atoms with Gasteiger partial charge in [0, 0.05) is 6.42 Å². The van der Waals surface area contributed by atoms with Crippen molar-refractivity contribution in [2.24, 2.45) is 5.92 Å². The largest absolute Gasteiger partial charge is 0.754 e. The minimum atomic E-state index is -3.84. The Kier molecular flexibility index (Phi) is 4.88. The highest BCUT2D eigenvalue weighted by Crippen LogP contribution is 2.40. The molecule has 0 aliphatic rings. The van der Waals surface area contributed by atoms with Crippen LogP contribution in [-0.2, 0) is 13.7 Å². The Morgan fingerprint density at radius 3 is 2.64 bits per heavy atom. The summed E-state index contributed by atoms with van der Waals surface area (Å²) in [5.74, 6) is 3.26. The molecule has 0 fully saturated rings. The Hall–Kier alpha value is 0.0700. The first-order valence-electron chi connectivity index (χ1n) is 3.39. The zero-order valence-corrected chi connectivity index (χ0v) is 7.71. The SMILES string of the molecule is CC(C)CC[O+]P(=O)(O)O[NH3+]. The minimum absolute atomic E-state index is 0.223. The Morgan fingerprint density at radius 1 is 1.73 bits per heavy atom. The second-order valence-corrected chi connectivity index (χ2v) is 4.07. The van der Waals surface area contributed by atoms with Gasteiger partial charge in [-0.1, -0.05) is 18.4 Å². The van der Waals surface area contributed by atoms with Gasteiger partial charge in [-0.2, -0.15) is 10.5 Å². The molecule has 11 heavy (non-hydrogen) atoms. The van der Waals surface area contributed by atoms with Gasteiger partial charge in [0.25, 0.3) is 0 Å². The molecule has 0 aromatic heterocycles. The first kappa shape index (κ1) is 11.1. The Morgan fingerprint density at radius 2 is 2.27 bits per heavy atom. The maximum atomic E-state index is 10.6. The molecule has 67 valence electrons. The predicted octanol–water partition coefficient (Wildman–Crippen LogP) is 0.323. The maximum Gasteiger partial charge on any atom is 0.754 e. The van der Waals surface area contributed by atoms with Crippen LogP contribution in [0.25, 0.3) is 0 Å². The van der Waals surface area contributed by atoms with Crippen LogP contribution in [0.4, 0.5) is 0 Å². The zero-order chi connectivity index (χ0) is 8.91. The van der Waals surface area contributed by atoms with E-state index in [1.54, 1.807) is 0 Å². The van der Waals surface area contributed by atoms with Crippen molar-refractivity contribution in [2.45, 2.75) is 20.3 Å². The van der Waals surface area contributed by atoms with Crippen LogP contribution >= 0.6 is 7.82 Å². The van der Waals surface area contributed by atoms with E-state index in [2.05, 4.69) is 15.0 Å². The molecular weight excluding hydrogens is 169 g/mol. The summed E-state index contributed by atoms with van der Waals surface area (Å²) >= 11 is 0. The van der Waals surface area contributed by atoms with Crippen LogP contribution in [0.3, 0.4) is 0 Å². The fourth-order valence-corrected chi connectivity index (χ4v) is 0.852. The molecule has 0 saturated carbocycles. The molecule has 1 atom stereocenters. The van der Waals surface area contributed by atoms with Gasteiger partial charge in [0.1, 0.15) is 0 Å². The standard InChI is InChI=1S/C5H14NO4P/c1-5(2)3-4-9-11(7,8)10-6/h5H,3-4H2,1-2,6H3/q+1/p+1.